The summed E-state index contributed by atoms with van der Waals surface area (Å²) in [5, 5.41) is 45.2. The highest BCUT2D eigenvalue weighted by Gasteiger charge is 2.46. The SMILES string of the molecule is COc1cc2c(cc1OCC(C)(C)CC(C)(C)COc1cc3c(cc1OC)C(=O)N1C=C(C)CC1C(O)N3C(=O)OCc1ccc(NC(=O)C(C)NC(=O)C(NC(=O)CCOCCOCCOCCOCCOCCOCCOCCOCCNC(=O)CCn3c(O)cc(SC4(C)CCCCCCCCCCCCCCC4)c3O)C(C)C)cc1)N=CC1CC(C)=CN1C2=O. The van der Waals surface area contributed by atoms with Gasteiger partial charge in [-0.05, 0) is 99.5 Å². The van der Waals surface area contributed by atoms with Crippen LogP contribution in [-0.4, -0.2) is 252 Å². The van der Waals surface area contributed by atoms with E-state index >= 15 is 0 Å². The fourth-order valence-corrected chi connectivity index (χ4v) is 17.9. The number of carbonyl (C=O) groups is 7. The van der Waals surface area contributed by atoms with Crippen LogP contribution < -0.4 is 45.1 Å². The van der Waals surface area contributed by atoms with Crippen molar-refractivity contribution < 1.29 is 110 Å². The largest absolute Gasteiger partial charge is 0.494 e. The topological polar surface area (TPSA) is 375 Å². The molecule has 33 heteroatoms. The minimum Gasteiger partial charge on any atom is -0.494 e. The van der Waals surface area contributed by atoms with Crippen molar-refractivity contribution in [2.24, 2.45) is 21.7 Å². The molecule has 1 aliphatic carbocycles. The first-order valence-corrected chi connectivity index (χ1v) is 46.8. The third kappa shape index (κ3) is 33.3. The summed E-state index contributed by atoms with van der Waals surface area (Å²) in [4.78, 5) is 105. The minimum atomic E-state index is -1.55. The molecule has 5 heterocycles. The first-order chi connectivity index (χ1) is 62.0. The van der Waals surface area contributed by atoms with Crippen LogP contribution in [0.1, 0.15) is 224 Å². The Kier molecular flexibility index (Phi) is 42.5. The number of aromatic nitrogens is 1. The van der Waals surface area contributed by atoms with Gasteiger partial charge in [0.05, 0.1) is 173 Å². The Labute approximate surface area is 765 Å². The quantitative estimate of drug-likeness (QED) is 0.0202. The van der Waals surface area contributed by atoms with Gasteiger partial charge in [0.2, 0.25) is 29.5 Å². The van der Waals surface area contributed by atoms with Gasteiger partial charge in [0.15, 0.2) is 35.1 Å². The van der Waals surface area contributed by atoms with Crippen molar-refractivity contribution in [1.29, 1.82) is 0 Å². The lowest BCUT2D eigenvalue weighted by atomic mass is 9.76. The van der Waals surface area contributed by atoms with E-state index in [0.29, 0.717) is 144 Å². The number of anilines is 2. The number of fused-ring (bicyclic) bond motifs is 4. The number of rotatable bonds is 50. The van der Waals surface area contributed by atoms with Crippen molar-refractivity contribution in [2.45, 2.75) is 251 Å². The predicted molar refractivity (Wildman–Crippen MR) is 492 cm³/mol. The van der Waals surface area contributed by atoms with Gasteiger partial charge in [-0.3, -0.25) is 38.3 Å². The molecule has 0 saturated heterocycles. The number of thioether (sulfide) groups is 1. The summed E-state index contributed by atoms with van der Waals surface area (Å²) in [6.07, 6.45) is 23.3. The maximum Gasteiger partial charge on any atom is 0.416 e. The molecule has 9 rings (SSSR count). The van der Waals surface area contributed by atoms with E-state index in [9.17, 15) is 48.9 Å². The number of ether oxygens (including phenoxy) is 13. The number of hydrogen-bond donors (Lipinski definition) is 7. The van der Waals surface area contributed by atoms with Gasteiger partial charge in [-0.2, -0.15) is 0 Å². The predicted octanol–water partition coefficient (Wildman–Crippen LogP) is 14.3. The molecule has 7 N–H and O–H groups in total. The molecule has 1 fully saturated rings. The smallest absolute Gasteiger partial charge is 0.416 e. The number of aromatic hydroxyl groups is 2. The Morgan fingerprint density at radius 3 is 1.60 bits per heavy atom. The van der Waals surface area contributed by atoms with Crippen molar-refractivity contribution in [1.82, 2.24) is 30.3 Å². The summed E-state index contributed by atoms with van der Waals surface area (Å²) in [7, 11) is 2.98. The number of nitrogens with one attached hydrogen (secondary N) is 4. The van der Waals surface area contributed by atoms with Crippen molar-refractivity contribution >= 4 is 76.6 Å². The van der Waals surface area contributed by atoms with Gasteiger partial charge in [-0.25, -0.2) is 9.69 Å². The Morgan fingerprint density at radius 1 is 0.574 bits per heavy atom. The molecule has 0 radical (unpaired) electrons. The maximum absolute atomic E-state index is 14.5. The van der Waals surface area contributed by atoms with Crippen LogP contribution in [0.2, 0.25) is 0 Å². The third-order valence-electron chi connectivity index (χ3n) is 23.2. The highest BCUT2D eigenvalue weighted by atomic mass is 32.2. The van der Waals surface area contributed by atoms with Crippen molar-refractivity contribution in [3.63, 3.8) is 0 Å². The molecule has 32 nitrogen and oxygen atoms in total. The summed E-state index contributed by atoms with van der Waals surface area (Å²) in [5.41, 5.74) is 2.92. The number of nitrogens with zero attached hydrogens (tertiary/aromatic N) is 5. The van der Waals surface area contributed by atoms with Gasteiger partial charge in [0, 0.05) is 73.2 Å². The zero-order valence-corrected chi connectivity index (χ0v) is 78.9. The molecule has 5 aliphatic rings. The molecular formula is C96H143N9O23S. The van der Waals surface area contributed by atoms with Crippen LogP contribution in [0.4, 0.5) is 21.9 Å². The summed E-state index contributed by atoms with van der Waals surface area (Å²) >= 11 is 1.67. The molecule has 129 heavy (non-hydrogen) atoms. The van der Waals surface area contributed by atoms with Crippen LogP contribution >= 0.6 is 11.8 Å². The number of methoxy groups -OCH3 is 2. The van der Waals surface area contributed by atoms with Gasteiger partial charge in [-0.1, -0.05) is 155 Å². The third-order valence-corrected chi connectivity index (χ3v) is 24.6. The van der Waals surface area contributed by atoms with Gasteiger partial charge in [0.1, 0.15) is 18.7 Å². The molecule has 1 aromatic heterocycles. The number of amides is 7. The Bertz CT molecular complexity index is 4330. The summed E-state index contributed by atoms with van der Waals surface area (Å²) < 4.78 is 76.5. The van der Waals surface area contributed by atoms with Crippen LogP contribution in [-0.2, 0) is 75.0 Å². The Balaban J connectivity index is 0.574. The average molecular weight is 1820 g/mol. The van der Waals surface area contributed by atoms with E-state index in [0.717, 1.165) is 41.7 Å². The number of aliphatic hydroxyl groups is 1. The standard InChI is InChI=1S/C96H143N9O23S/c1-66(2)86(101-84(107)31-36-118-38-40-120-42-44-122-46-48-124-50-51-125-49-47-123-45-43-121-41-39-119-37-34-97-83(106)30-35-102-85(108)58-82(92(102)114)129-96(10)32-24-22-20-18-16-14-13-15-17-19-21-23-25-33-96)88(110)99-69(5)87(109)100-71-28-26-70(27-29-71)62-126-93(115)105-76-57-81(79(117-12)55-74(76)90(112)104-61-68(4)53-77(104)91(105)113)128-65-95(8,9)63-94(6,7)64-127-80-56-75-73(54-78(80)116-11)89(111)103-60-67(3)52-72(103)59-98-75/h26-29,54-61,66,69,72,77,86,91,108,113-114H,13-25,30-53,62-65H2,1-12H3,(H,97,106)(H,99,110)(H,100,109)(H,101,107). The Morgan fingerprint density at radius 2 is 1.06 bits per heavy atom. The van der Waals surface area contributed by atoms with E-state index in [4.69, 9.17) is 61.6 Å². The van der Waals surface area contributed by atoms with Crippen molar-refractivity contribution in [3.05, 3.63) is 94.8 Å². The molecule has 4 aliphatic heterocycles. The van der Waals surface area contributed by atoms with E-state index in [2.05, 4.69) is 47.0 Å². The molecule has 5 atom stereocenters. The zero-order valence-electron chi connectivity index (χ0n) is 78.0. The molecular weight excluding hydrogens is 1680 g/mol. The maximum atomic E-state index is 14.5. The van der Waals surface area contributed by atoms with Crippen LogP contribution in [0.15, 0.2) is 88.0 Å². The molecule has 0 bridgehead atoms. The minimum absolute atomic E-state index is 0.0154. The first kappa shape index (κ1) is 104. The van der Waals surface area contributed by atoms with E-state index in [1.54, 1.807) is 85.4 Å². The summed E-state index contributed by atoms with van der Waals surface area (Å²) in [6, 6.07) is 11.6. The van der Waals surface area contributed by atoms with Crippen LogP contribution in [0.5, 0.6) is 34.8 Å². The normalized spacial score (nSPS) is 17.9. The van der Waals surface area contributed by atoms with E-state index in [1.807, 2.05) is 33.9 Å². The summed E-state index contributed by atoms with van der Waals surface area (Å²) in [6.45, 7) is 25.6. The lowest BCUT2D eigenvalue weighted by Gasteiger charge is -2.35. The van der Waals surface area contributed by atoms with Gasteiger partial charge in [0.25, 0.3) is 11.8 Å². The highest BCUT2D eigenvalue weighted by Crippen LogP contribution is 2.48. The van der Waals surface area contributed by atoms with Crippen molar-refractivity contribution in [3.8, 4) is 34.8 Å². The molecule has 1 saturated carbocycles. The van der Waals surface area contributed by atoms with Crippen LogP contribution in [0.25, 0.3) is 0 Å². The van der Waals surface area contributed by atoms with E-state index in [-0.39, 0.29) is 128 Å². The second kappa shape index (κ2) is 52.9. The fraction of sp³-hybridized carbons (Fsp3) is 0.646. The number of benzene rings is 3. The average Bonchev–Trinajstić information content (AvgIpc) is 1.61. The number of aliphatic hydroxyl groups excluding tert-OH is 1. The monoisotopic (exact) mass is 1820 g/mol. The number of carbonyl (C=O) groups excluding carboxylic acids is 7. The molecule has 716 valence electrons. The van der Waals surface area contributed by atoms with Crippen LogP contribution in [0.3, 0.4) is 0 Å². The Hall–Kier alpha value is -9.03. The van der Waals surface area contributed by atoms with Gasteiger partial charge >= 0.3 is 6.09 Å². The second-order valence-electron chi connectivity index (χ2n) is 36.1. The fourth-order valence-electron chi connectivity index (χ4n) is 16.5. The molecule has 5 unspecified atom stereocenters. The molecule has 3 aromatic carbocycles. The van der Waals surface area contributed by atoms with Crippen molar-refractivity contribution in [2.75, 3.05) is 150 Å². The van der Waals surface area contributed by atoms with E-state index < -0.39 is 64.9 Å². The van der Waals surface area contributed by atoms with Gasteiger partial charge < -0.3 is 108 Å². The number of aliphatic imine (C=N–C) groups is 1. The molecule has 0 spiro atoms. The summed E-state index contributed by atoms with van der Waals surface area (Å²) in [5.74, 6) is -1.35. The molecule has 4 aromatic rings. The van der Waals surface area contributed by atoms with Gasteiger partial charge in [-0.15, -0.1) is 11.8 Å². The first-order valence-electron chi connectivity index (χ1n) is 46.0. The number of hydrogen-bond acceptors (Lipinski definition) is 25. The highest BCUT2D eigenvalue weighted by molar-refractivity contribution is 8.00. The second-order valence-corrected chi connectivity index (χ2v) is 37.7. The molecule has 7 amide bonds. The lowest BCUT2D eigenvalue weighted by Crippen LogP contribution is -2.53. The lowest BCUT2D eigenvalue weighted by molar-refractivity contribution is -0.132. The zero-order chi connectivity index (χ0) is 92.9. The van der Waals surface area contributed by atoms with Crippen LogP contribution in [0, 0.1) is 16.7 Å². The van der Waals surface area contributed by atoms with E-state index in [1.165, 1.54) is 113 Å².